The molecule has 2 aliphatic carbocycles. The normalized spacial score (nSPS) is 33.9. The number of rotatable bonds is 0. The zero-order chi connectivity index (χ0) is 12.8. The Balaban J connectivity index is 1.76. The molecule has 3 nitrogen and oxygen atoms in total. The first-order valence-corrected chi connectivity index (χ1v) is 7.39. The monoisotopic (exact) mass is 249 g/mol. The van der Waals surface area contributed by atoms with E-state index in [9.17, 15) is 9.59 Å². The number of imide groups is 1. The van der Waals surface area contributed by atoms with Gasteiger partial charge in [-0.3, -0.25) is 14.9 Å². The fourth-order valence-electron chi connectivity index (χ4n) is 4.55. The maximum absolute atomic E-state index is 11.9. The van der Waals surface area contributed by atoms with Crippen LogP contribution in [0.2, 0.25) is 0 Å². The van der Waals surface area contributed by atoms with Crippen LogP contribution in [0.15, 0.2) is 0 Å². The van der Waals surface area contributed by atoms with Crippen LogP contribution in [0, 0.1) is 16.7 Å². The van der Waals surface area contributed by atoms with Crippen LogP contribution in [-0.4, -0.2) is 11.8 Å². The summed E-state index contributed by atoms with van der Waals surface area (Å²) in [6.07, 6.45) is 10.7. The van der Waals surface area contributed by atoms with Gasteiger partial charge < -0.3 is 0 Å². The lowest BCUT2D eigenvalue weighted by Gasteiger charge is -2.49. The highest BCUT2D eigenvalue weighted by Crippen LogP contribution is 2.57. The summed E-state index contributed by atoms with van der Waals surface area (Å²) in [6, 6.07) is 0. The van der Waals surface area contributed by atoms with Crippen LogP contribution in [-0.2, 0) is 9.59 Å². The van der Waals surface area contributed by atoms with Gasteiger partial charge in [-0.25, -0.2) is 0 Å². The maximum atomic E-state index is 11.9. The lowest BCUT2D eigenvalue weighted by molar-refractivity contribution is -0.146. The summed E-state index contributed by atoms with van der Waals surface area (Å²) in [5.41, 5.74) is 0.551. The van der Waals surface area contributed by atoms with Crippen molar-refractivity contribution in [2.45, 2.75) is 64.7 Å². The van der Waals surface area contributed by atoms with Gasteiger partial charge in [-0.2, -0.15) is 0 Å². The number of nitrogens with one attached hydrogen (secondary N) is 1. The highest BCUT2D eigenvalue weighted by Gasteiger charge is 2.51. The summed E-state index contributed by atoms with van der Waals surface area (Å²) in [6.45, 7) is 2.01. The van der Waals surface area contributed by atoms with E-state index < -0.39 is 0 Å². The molecule has 1 saturated heterocycles. The van der Waals surface area contributed by atoms with Gasteiger partial charge in [0.2, 0.25) is 11.8 Å². The predicted molar refractivity (Wildman–Crippen MR) is 68.7 cm³/mol. The van der Waals surface area contributed by atoms with Crippen molar-refractivity contribution in [1.29, 1.82) is 0 Å². The first kappa shape index (κ1) is 12.2. The zero-order valence-corrected chi connectivity index (χ0v) is 11.3. The third kappa shape index (κ3) is 1.79. The van der Waals surface area contributed by atoms with E-state index in [1.165, 1.54) is 38.5 Å². The van der Waals surface area contributed by atoms with Crippen molar-refractivity contribution >= 4 is 11.8 Å². The molecule has 0 radical (unpaired) electrons. The van der Waals surface area contributed by atoms with E-state index in [0.29, 0.717) is 11.8 Å². The van der Waals surface area contributed by atoms with E-state index >= 15 is 0 Å². The molecule has 3 fully saturated rings. The van der Waals surface area contributed by atoms with Crippen molar-refractivity contribution in [3.05, 3.63) is 0 Å². The largest absolute Gasteiger partial charge is 0.296 e. The van der Waals surface area contributed by atoms with Gasteiger partial charge >= 0.3 is 0 Å². The second-order valence-electron chi connectivity index (χ2n) is 6.88. The van der Waals surface area contributed by atoms with Crippen LogP contribution in [0.5, 0.6) is 0 Å². The molecule has 1 heterocycles. The van der Waals surface area contributed by atoms with E-state index in [1.807, 2.05) is 6.92 Å². The quantitative estimate of drug-likeness (QED) is 0.671. The fourth-order valence-corrected chi connectivity index (χ4v) is 4.55. The van der Waals surface area contributed by atoms with Crippen LogP contribution in [0.1, 0.15) is 64.7 Å². The van der Waals surface area contributed by atoms with Crippen LogP contribution >= 0.6 is 0 Å². The highest BCUT2D eigenvalue weighted by atomic mass is 16.2. The average Bonchev–Trinajstić information content (AvgIpc) is 2.79. The summed E-state index contributed by atoms with van der Waals surface area (Å²) in [7, 11) is 0. The Morgan fingerprint density at radius 3 is 2.22 bits per heavy atom. The smallest absolute Gasteiger partial charge is 0.229 e. The van der Waals surface area contributed by atoms with Gasteiger partial charge in [0.25, 0.3) is 0 Å². The van der Waals surface area contributed by atoms with Crippen molar-refractivity contribution in [1.82, 2.24) is 5.32 Å². The van der Waals surface area contributed by atoms with E-state index in [4.69, 9.17) is 0 Å². The Hall–Kier alpha value is -0.860. The Labute approximate surface area is 109 Å². The van der Waals surface area contributed by atoms with Gasteiger partial charge in [0.1, 0.15) is 0 Å². The van der Waals surface area contributed by atoms with E-state index in [1.54, 1.807) is 0 Å². The van der Waals surface area contributed by atoms with Crippen molar-refractivity contribution < 1.29 is 9.59 Å². The summed E-state index contributed by atoms with van der Waals surface area (Å²) in [4.78, 5) is 23.5. The highest BCUT2D eigenvalue weighted by molar-refractivity contribution is 5.99. The molecule has 2 saturated carbocycles. The molecule has 1 unspecified atom stereocenters. The Bertz CT molecular complexity index is 372. The van der Waals surface area contributed by atoms with Crippen molar-refractivity contribution in [2.75, 3.05) is 0 Å². The number of hydrogen-bond acceptors (Lipinski definition) is 2. The summed E-state index contributed by atoms with van der Waals surface area (Å²) in [5.74, 6) is -0.0944. The molecular weight excluding hydrogens is 226 g/mol. The summed E-state index contributed by atoms with van der Waals surface area (Å²) >= 11 is 0. The lowest BCUT2D eigenvalue weighted by atomic mass is 9.56. The molecule has 2 spiro atoms. The SMILES string of the molecule is CC1C(=O)NC(=O)CC12CCC1(CCCC1)CC2. The molecule has 1 aliphatic heterocycles. The first-order valence-electron chi connectivity index (χ1n) is 7.39. The molecule has 1 N–H and O–H groups in total. The van der Waals surface area contributed by atoms with Gasteiger partial charge in [-0.15, -0.1) is 0 Å². The Morgan fingerprint density at radius 2 is 1.61 bits per heavy atom. The van der Waals surface area contributed by atoms with E-state index in [-0.39, 0.29) is 23.1 Å². The maximum Gasteiger partial charge on any atom is 0.229 e. The number of carbonyl (C=O) groups is 2. The van der Waals surface area contributed by atoms with Crippen LogP contribution in [0.4, 0.5) is 0 Å². The molecule has 0 aromatic heterocycles. The molecule has 1 atom stereocenters. The zero-order valence-electron chi connectivity index (χ0n) is 11.3. The van der Waals surface area contributed by atoms with Gasteiger partial charge in [-0.05, 0) is 49.4 Å². The molecule has 18 heavy (non-hydrogen) atoms. The average molecular weight is 249 g/mol. The number of hydrogen-bond donors (Lipinski definition) is 1. The third-order valence-electron chi connectivity index (χ3n) is 6.06. The first-order chi connectivity index (χ1) is 8.55. The summed E-state index contributed by atoms with van der Waals surface area (Å²) < 4.78 is 0. The fraction of sp³-hybridized carbons (Fsp3) is 0.867. The third-order valence-corrected chi connectivity index (χ3v) is 6.06. The molecular formula is C15H23NO2. The van der Waals surface area contributed by atoms with Gasteiger partial charge in [0.05, 0.1) is 0 Å². The number of piperidine rings is 1. The number of amides is 2. The molecule has 0 bridgehead atoms. The minimum absolute atomic E-state index is 0.00829. The predicted octanol–water partition coefficient (Wildman–Crippen LogP) is 2.79. The van der Waals surface area contributed by atoms with Crippen molar-refractivity contribution in [2.24, 2.45) is 16.7 Å². The van der Waals surface area contributed by atoms with Crippen molar-refractivity contribution in [3.63, 3.8) is 0 Å². The second kappa shape index (κ2) is 4.07. The van der Waals surface area contributed by atoms with E-state index in [2.05, 4.69) is 5.32 Å². The second-order valence-corrected chi connectivity index (χ2v) is 6.88. The van der Waals surface area contributed by atoms with Gasteiger partial charge in [0.15, 0.2) is 0 Å². The molecule has 2 amide bonds. The molecule has 3 heteroatoms. The standard InChI is InChI=1S/C15H23NO2/c1-11-13(18)16-12(17)10-15(11)8-6-14(7-9-15)4-2-3-5-14/h11H,2-10H2,1H3,(H,16,17,18). The Kier molecular flexibility index (Phi) is 2.76. The molecule has 3 rings (SSSR count). The summed E-state index contributed by atoms with van der Waals surface area (Å²) in [5, 5.41) is 2.48. The van der Waals surface area contributed by atoms with Crippen LogP contribution in [0.3, 0.4) is 0 Å². The van der Waals surface area contributed by atoms with E-state index in [0.717, 1.165) is 12.8 Å². The van der Waals surface area contributed by atoms with Crippen LogP contribution < -0.4 is 5.32 Å². The molecule has 100 valence electrons. The lowest BCUT2D eigenvalue weighted by Crippen LogP contribution is -2.53. The molecule has 3 aliphatic rings. The number of carbonyl (C=O) groups excluding carboxylic acids is 2. The topological polar surface area (TPSA) is 46.2 Å². The van der Waals surface area contributed by atoms with Gasteiger partial charge in [0, 0.05) is 12.3 Å². The van der Waals surface area contributed by atoms with Gasteiger partial charge in [-0.1, -0.05) is 19.8 Å². The Morgan fingerprint density at radius 1 is 1.00 bits per heavy atom. The minimum atomic E-state index is -0.0551. The van der Waals surface area contributed by atoms with Crippen LogP contribution in [0.25, 0.3) is 0 Å². The molecule has 0 aromatic carbocycles. The minimum Gasteiger partial charge on any atom is -0.296 e. The molecule has 0 aromatic rings. The van der Waals surface area contributed by atoms with Crippen molar-refractivity contribution in [3.8, 4) is 0 Å².